The number of allylic oxidation sites excluding steroid dienone is 1. The Balaban J connectivity index is 3.20. The van der Waals surface area contributed by atoms with Crippen molar-refractivity contribution < 1.29 is 0 Å². The average molecular weight is 146 g/mol. The van der Waals surface area contributed by atoms with Crippen molar-refractivity contribution >= 4 is 29.0 Å². The molecule has 0 N–H and O–H groups in total. The predicted octanol–water partition coefficient (Wildman–Crippen LogP) is 2.60. The second-order valence-corrected chi connectivity index (χ2v) is 2.75. The van der Waals surface area contributed by atoms with Crippen molar-refractivity contribution in [3.05, 3.63) is 12.2 Å². The van der Waals surface area contributed by atoms with Crippen LogP contribution in [0.3, 0.4) is 0 Å². The molecule has 0 nitrogen and oxygen atoms in total. The van der Waals surface area contributed by atoms with E-state index in [9.17, 15) is 0 Å². The van der Waals surface area contributed by atoms with Crippen molar-refractivity contribution in [3.8, 4) is 0 Å². The van der Waals surface area contributed by atoms with Crippen LogP contribution in [0.1, 0.15) is 19.8 Å². The Kier molecular flexibility index (Phi) is 5.44. The Morgan fingerprint density at radius 1 is 1.75 bits per heavy atom. The fourth-order valence-corrected chi connectivity index (χ4v) is 0.552. The molecule has 46 valence electrons. The molecule has 0 aliphatic heterocycles. The average Bonchev–Trinajstić information content (AvgIpc) is 1.66. The smallest absolute Gasteiger partial charge is 0.0672 e. The van der Waals surface area contributed by atoms with Crippen LogP contribution in [0.5, 0.6) is 0 Å². The Labute approximate surface area is 61.4 Å². The van der Waals surface area contributed by atoms with Crippen LogP contribution in [-0.2, 0) is 0 Å². The van der Waals surface area contributed by atoms with Gasteiger partial charge in [-0.15, -0.1) is 12.6 Å². The fourth-order valence-electron chi connectivity index (χ4n) is 0.351. The molecule has 2 heteroatoms. The van der Waals surface area contributed by atoms with Crippen LogP contribution in [0.15, 0.2) is 12.2 Å². The van der Waals surface area contributed by atoms with Crippen LogP contribution >= 0.6 is 24.8 Å². The van der Waals surface area contributed by atoms with Crippen molar-refractivity contribution in [3.63, 3.8) is 0 Å². The van der Waals surface area contributed by atoms with Gasteiger partial charge in [0.2, 0.25) is 0 Å². The highest BCUT2D eigenvalue weighted by molar-refractivity contribution is 8.11. The summed E-state index contributed by atoms with van der Waals surface area (Å²) in [7, 11) is 0. The van der Waals surface area contributed by atoms with E-state index >= 15 is 0 Å². The molecule has 8 heavy (non-hydrogen) atoms. The number of unbranched alkanes of at least 4 members (excludes halogenated alkanes) is 1. The van der Waals surface area contributed by atoms with Crippen molar-refractivity contribution in [1.29, 1.82) is 0 Å². The number of rotatable bonds is 3. The fraction of sp³-hybridized carbons (Fsp3) is 0.500. The summed E-state index contributed by atoms with van der Waals surface area (Å²) >= 11 is 8.60. The number of thiocarbonyl (C=S) groups is 1. The third-order valence-electron chi connectivity index (χ3n) is 0.716. The first-order valence-electron chi connectivity index (χ1n) is 2.67. The first-order chi connectivity index (χ1) is 3.77. The van der Waals surface area contributed by atoms with Crippen LogP contribution < -0.4 is 0 Å². The molecular formula is C6H10S2. The molecule has 0 spiro atoms. The zero-order valence-corrected chi connectivity index (χ0v) is 6.64. The summed E-state index contributed by atoms with van der Waals surface area (Å²) in [4.78, 5) is 0. The summed E-state index contributed by atoms with van der Waals surface area (Å²) in [5, 5.41) is 0. The van der Waals surface area contributed by atoms with Gasteiger partial charge in [0.05, 0.1) is 4.20 Å². The zero-order chi connectivity index (χ0) is 6.41. The molecular weight excluding hydrogens is 136 g/mol. The van der Waals surface area contributed by atoms with Gasteiger partial charge < -0.3 is 0 Å². The molecule has 0 saturated carbocycles. The van der Waals surface area contributed by atoms with E-state index in [1.165, 1.54) is 6.42 Å². The highest BCUT2D eigenvalue weighted by atomic mass is 32.1. The van der Waals surface area contributed by atoms with Gasteiger partial charge in [-0.05, 0) is 12.5 Å². The SMILES string of the molecule is CCC/C=C/C(=S)S. The van der Waals surface area contributed by atoms with Crippen molar-refractivity contribution in [1.82, 2.24) is 0 Å². The predicted molar refractivity (Wildman–Crippen MR) is 45.6 cm³/mol. The lowest BCUT2D eigenvalue weighted by atomic mass is 10.3. The maximum absolute atomic E-state index is 4.69. The second kappa shape index (κ2) is 5.32. The van der Waals surface area contributed by atoms with Crippen molar-refractivity contribution in [2.24, 2.45) is 0 Å². The minimum Gasteiger partial charge on any atom is -0.132 e. The molecule has 0 atom stereocenters. The van der Waals surface area contributed by atoms with Crippen molar-refractivity contribution in [2.75, 3.05) is 0 Å². The van der Waals surface area contributed by atoms with Gasteiger partial charge in [0.25, 0.3) is 0 Å². The quantitative estimate of drug-likeness (QED) is 0.363. The van der Waals surface area contributed by atoms with Crippen molar-refractivity contribution in [2.45, 2.75) is 19.8 Å². The normalized spacial score (nSPS) is 10.2. The third kappa shape index (κ3) is 6.18. The standard InChI is InChI=1S/C6H10S2/c1-2-3-4-5-6(7)8/h4-5H,2-3H2,1H3,(H,7,8)/b5-4+. The van der Waals surface area contributed by atoms with Crippen LogP contribution in [0.25, 0.3) is 0 Å². The van der Waals surface area contributed by atoms with Gasteiger partial charge in [0.15, 0.2) is 0 Å². The summed E-state index contributed by atoms with van der Waals surface area (Å²) in [6.07, 6.45) is 6.16. The Hall–Kier alpha value is 0.180. The number of thiol groups is 1. The lowest BCUT2D eigenvalue weighted by Crippen LogP contribution is -1.69. The van der Waals surface area contributed by atoms with Gasteiger partial charge in [0.1, 0.15) is 0 Å². The molecule has 0 unspecified atom stereocenters. The first kappa shape index (κ1) is 8.18. The monoisotopic (exact) mass is 146 g/mol. The molecule has 0 amide bonds. The number of hydrogen-bond acceptors (Lipinski definition) is 1. The topological polar surface area (TPSA) is 0 Å². The molecule has 0 rings (SSSR count). The third-order valence-corrected chi connectivity index (χ3v) is 1.00. The van der Waals surface area contributed by atoms with Gasteiger partial charge in [-0.2, -0.15) is 0 Å². The van der Waals surface area contributed by atoms with Crippen LogP contribution in [0, 0.1) is 0 Å². The van der Waals surface area contributed by atoms with E-state index in [2.05, 4.69) is 31.8 Å². The van der Waals surface area contributed by atoms with E-state index in [0.717, 1.165) is 6.42 Å². The summed E-state index contributed by atoms with van der Waals surface area (Å²) in [5.74, 6) is 0. The number of hydrogen-bond donors (Lipinski definition) is 1. The molecule has 0 aromatic carbocycles. The highest BCUT2D eigenvalue weighted by Gasteiger charge is 1.75. The van der Waals surface area contributed by atoms with Gasteiger partial charge in [-0.25, -0.2) is 0 Å². The molecule has 0 aromatic rings. The second-order valence-electron chi connectivity index (χ2n) is 1.53. The Morgan fingerprint density at radius 3 is 2.75 bits per heavy atom. The summed E-state index contributed by atoms with van der Waals surface area (Å²) < 4.78 is 0.665. The van der Waals surface area contributed by atoms with Crippen LogP contribution in [0.4, 0.5) is 0 Å². The van der Waals surface area contributed by atoms with E-state index in [4.69, 9.17) is 0 Å². The lowest BCUT2D eigenvalue weighted by molar-refractivity contribution is 0.960. The van der Waals surface area contributed by atoms with E-state index in [1.807, 2.05) is 12.2 Å². The molecule has 0 aliphatic rings. The summed E-state index contributed by atoms with van der Waals surface area (Å²) in [6.45, 7) is 2.13. The minimum absolute atomic E-state index is 0.665. The van der Waals surface area contributed by atoms with E-state index in [1.54, 1.807) is 0 Å². The van der Waals surface area contributed by atoms with Gasteiger partial charge in [-0.1, -0.05) is 31.6 Å². The molecule has 0 heterocycles. The highest BCUT2D eigenvalue weighted by Crippen LogP contribution is 1.91. The summed E-state index contributed by atoms with van der Waals surface area (Å²) in [6, 6.07) is 0. The Bertz CT molecular complexity index is 94.7. The van der Waals surface area contributed by atoms with Crippen LogP contribution in [-0.4, -0.2) is 4.20 Å². The Morgan fingerprint density at radius 2 is 2.38 bits per heavy atom. The molecule has 0 aliphatic carbocycles. The maximum atomic E-state index is 4.69. The molecule has 0 aromatic heterocycles. The van der Waals surface area contributed by atoms with Gasteiger partial charge in [-0.3, -0.25) is 0 Å². The van der Waals surface area contributed by atoms with E-state index < -0.39 is 0 Å². The molecule has 0 bridgehead atoms. The van der Waals surface area contributed by atoms with Gasteiger partial charge in [0, 0.05) is 0 Å². The maximum Gasteiger partial charge on any atom is 0.0672 e. The zero-order valence-electron chi connectivity index (χ0n) is 4.92. The molecule has 0 saturated heterocycles. The molecule has 0 radical (unpaired) electrons. The van der Waals surface area contributed by atoms with E-state index in [0.29, 0.717) is 4.20 Å². The minimum atomic E-state index is 0.665. The van der Waals surface area contributed by atoms with E-state index in [-0.39, 0.29) is 0 Å². The largest absolute Gasteiger partial charge is 0.132 e. The molecule has 0 fully saturated rings. The lowest BCUT2D eigenvalue weighted by Gasteiger charge is -1.81. The summed E-state index contributed by atoms with van der Waals surface area (Å²) in [5.41, 5.74) is 0. The first-order valence-corrected chi connectivity index (χ1v) is 3.52. The van der Waals surface area contributed by atoms with Crippen LogP contribution in [0.2, 0.25) is 0 Å². The van der Waals surface area contributed by atoms with Gasteiger partial charge >= 0.3 is 0 Å².